The molecular weight excluding hydrogens is 251 g/mol. The molecule has 0 aliphatic carbocycles. The highest BCUT2D eigenvalue weighted by Gasteiger charge is 2.13. The molecule has 0 aliphatic heterocycles. The third kappa shape index (κ3) is 3.15. The number of aromatic amines is 1. The van der Waals surface area contributed by atoms with Crippen molar-refractivity contribution in [3.63, 3.8) is 0 Å². The van der Waals surface area contributed by atoms with Crippen LogP contribution in [0.25, 0.3) is 0 Å². The fourth-order valence-electron chi connectivity index (χ4n) is 1.50. The molecular formula is C12H11FN4O2. The molecule has 98 valence electrons. The van der Waals surface area contributed by atoms with E-state index in [-0.39, 0.29) is 11.5 Å². The first-order chi connectivity index (χ1) is 9.06. The Hall–Kier alpha value is -2.70. The minimum Gasteiger partial charge on any atom is -0.326 e. The maximum absolute atomic E-state index is 13.6. The second-order valence-corrected chi connectivity index (χ2v) is 3.82. The lowest BCUT2D eigenvalue weighted by atomic mass is 10.1. The van der Waals surface area contributed by atoms with Crippen molar-refractivity contribution in [3.8, 4) is 0 Å². The topological polar surface area (TPSA) is 86.9 Å². The average molecular weight is 262 g/mol. The lowest BCUT2D eigenvalue weighted by Crippen LogP contribution is -2.14. The minimum absolute atomic E-state index is 0.160. The van der Waals surface area contributed by atoms with E-state index in [1.807, 2.05) is 0 Å². The van der Waals surface area contributed by atoms with Gasteiger partial charge in [-0.15, -0.1) is 0 Å². The molecule has 6 nitrogen and oxygen atoms in total. The molecule has 0 saturated heterocycles. The van der Waals surface area contributed by atoms with E-state index in [2.05, 4.69) is 20.8 Å². The van der Waals surface area contributed by atoms with Gasteiger partial charge in [0.05, 0.1) is 17.4 Å². The van der Waals surface area contributed by atoms with Crippen LogP contribution >= 0.6 is 0 Å². The summed E-state index contributed by atoms with van der Waals surface area (Å²) in [7, 11) is 0. The molecule has 0 saturated carbocycles. The van der Waals surface area contributed by atoms with E-state index in [0.717, 1.165) is 6.07 Å². The fraction of sp³-hybridized carbons (Fsp3) is 0.0833. The van der Waals surface area contributed by atoms with Gasteiger partial charge in [0.2, 0.25) is 5.91 Å². The lowest BCUT2D eigenvalue weighted by molar-refractivity contribution is -0.114. The Morgan fingerprint density at radius 3 is 2.68 bits per heavy atom. The molecule has 1 aromatic carbocycles. The Morgan fingerprint density at radius 1 is 1.26 bits per heavy atom. The maximum Gasteiger partial charge on any atom is 0.258 e. The van der Waals surface area contributed by atoms with Crippen molar-refractivity contribution < 1.29 is 14.0 Å². The highest BCUT2D eigenvalue weighted by atomic mass is 19.1. The molecule has 7 heteroatoms. The number of anilines is 2. The lowest BCUT2D eigenvalue weighted by Gasteiger charge is -2.07. The van der Waals surface area contributed by atoms with E-state index in [1.165, 1.54) is 31.5 Å². The number of carbonyl (C=O) groups is 2. The van der Waals surface area contributed by atoms with Crippen molar-refractivity contribution >= 4 is 23.2 Å². The first-order valence-corrected chi connectivity index (χ1v) is 5.43. The highest BCUT2D eigenvalue weighted by Crippen LogP contribution is 2.16. The number of hydrogen-bond acceptors (Lipinski definition) is 3. The van der Waals surface area contributed by atoms with Crippen molar-refractivity contribution in [2.45, 2.75) is 6.92 Å². The first-order valence-electron chi connectivity index (χ1n) is 5.43. The Kier molecular flexibility index (Phi) is 3.56. The summed E-state index contributed by atoms with van der Waals surface area (Å²) in [5.41, 5.74) is 0.619. The minimum atomic E-state index is -0.671. The molecule has 0 radical (unpaired) electrons. The van der Waals surface area contributed by atoms with Crippen LogP contribution in [0.15, 0.2) is 30.6 Å². The zero-order valence-electron chi connectivity index (χ0n) is 10.0. The molecule has 0 spiro atoms. The van der Waals surface area contributed by atoms with E-state index in [4.69, 9.17) is 0 Å². The zero-order valence-corrected chi connectivity index (χ0v) is 10.0. The molecule has 0 fully saturated rings. The molecule has 0 bridgehead atoms. The van der Waals surface area contributed by atoms with Crippen LogP contribution in [0.2, 0.25) is 0 Å². The number of halogens is 1. The van der Waals surface area contributed by atoms with Crippen molar-refractivity contribution in [1.82, 2.24) is 10.2 Å². The van der Waals surface area contributed by atoms with Crippen LogP contribution in [-0.2, 0) is 4.79 Å². The van der Waals surface area contributed by atoms with E-state index in [1.54, 1.807) is 0 Å². The van der Waals surface area contributed by atoms with Gasteiger partial charge in [-0.25, -0.2) is 4.39 Å². The summed E-state index contributed by atoms with van der Waals surface area (Å²) >= 11 is 0. The Bertz CT molecular complexity index is 610. The Labute approximate surface area is 108 Å². The van der Waals surface area contributed by atoms with Gasteiger partial charge in [-0.1, -0.05) is 0 Å². The predicted molar refractivity (Wildman–Crippen MR) is 67.2 cm³/mol. The third-order valence-electron chi connectivity index (χ3n) is 2.29. The first kappa shape index (κ1) is 12.7. The standard InChI is InChI=1S/C12H11FN4O2/c1-7(18)16-8-2-3-11(13)10(4-8)12(19)17-9-5-14-15-6-9/h2-6H,1H3,(H,14,15)(H,16,18)(H,17,19). The quantitative estimate of drug-likeness (QED) is 0.787. The normalized spacial score (nSPS) is 10.0. The van der Waals surface area contributed by atoms with E-state index in [9.17, 15) is 14.0 Å². The summed E-state index contributed by atoms with van der Waals surface area (Å²) in [6, 6.07) is 3.77. The molecule has 1 heterocycles. The molecule has 19 heavy (non-hydrogen) atoms. The summed E-state index contributed by atoms with van der Waals surface area (Å²) in [6.45, 7) is 1.33. The molecule has 0 aliphatic rings. The van der Waals surface area contributed by atoms with E-state index < -0.39 is 11.7 Å². The Balaban J connectivity index is 2.22. The van der Waals surface area contributed by atoms with Crippen LogP contribution < -0.4 is 10.6 Å². The van der Waals surface area contributed by atoms with Gasteiger partial charge in [0.25, 0.3) is 5.91 Å². The van der Waals surface area contributed by atoms with Gasteiger partial charge >= 0.3 is 0 Å². The number of carbonyl (C=O) groups excluding carboxylic acids is 2. The van der Waals surface area contributed by atoms with Crippen LogP contribution in [0.3, 0.4) is 0 Å². The number of benzene rings is 1. The van der Waals surface area contributed by atoms with Gasteiger partial charge in [-0.05, 0) is 18.2 Å². The van der Waals surface area contributed by atoms with Gasteiger partial charge in [0.1, 0.15) is 5.82 Å². The maximum atomic E-state index is 13.6. The summed E-state index contributed by atoms with van der Waals surface area (Å²) in [5, 5.41) is 11.1. The smallest absolute Gasteiger partial charge is 0.258 e. The van der Waals surface area contributed by atoms with Crippen LogP contribution in [-0.4, -0.2) is 22.0 Å². The van der Waals surface area contributed by atoms with Crippen molar-refractivity contribution in [1.29, 1.82) is 0 Å². The van der Waals surface area contributed by atoms with Crippen molar-refractivity contribution in [2.75, 3.05) is 10.6 Å². The van der Waals surface area contributed by atoms with Crippen LogP contribution in [0.1, 0.15) is 17.3 Å². The van der Waals surface area contributed by atoms with Gasteiger partial charge in [0, 0.05) is 18.8 Å². The number of hydrogen-bond donors (Lipinski definition) is 3. The predicted octanol–water partition coefficient (Wildman–Crippen LogP) is 1.76. The van der Waals surface area contributed by atoms with E-state index in [0.29, 0.717) is 11.4 Å². The monoisotopic (exact) mass is 262 g/mol. The average Bonchev–Trinajstić information content (AvgIpc) is 2.83. The highest BCUT2D eigenvalue weighted by molar-refractivity contribution is 6.05. The summed E-state index contributed by atoms with van der Waals surface area (Å²) in [4.78, 5) is 22.8. The summed E-state index contributed by atoms with van der Waals surface area (Å²) in [5.74, 6) is -1.59. The van der Waals surface area contributed by atoms with Gasteiger partial charge < -0.3 is 10.6 Å². The number of amides is 2. The second kappa shape index (κ2) is 5.30. The molecule has 0 atom stereocenters. The summed E-state index contributed by atoms with van der Waals surface area (Å²) < 4.78 is 13.6. The third-order valence-corrected chi connectivity index (χ3v) is 2.29. The number of aromatic nitrogens is 2. The Morgan fingerprint density at radius 2 is 2.05 bits per heavy atom. The van der Waals surface area contributed by atoms with Crippen molar-refractivity contribution in [2.24, 2.45) is 0 Å². The summed E-state index contributed by atoms with van der Waals surface area (Å²) in [6.07, 6.45) is 2.86. The van der Waals surface area contributed by atoms with Gasteiger partial charge in [-0.3, -0.25) is 14.7 Å². The molecule has 3 N–H and O–H groups in total. The van der Waals surface area contributed by atoms with Gasteiger partial charge in [0.15, 0.2) is 0 Å². The van der Waals surface area contributed by atoms with Crippen LogP contribution in [0.5, 0.6) is 0 Å². The second-order valence-electron chi connectivity index (χ2n) is 3.82. The number of nitrogens with one attached hydrogen (secondary N) is 3. The van der Waals surface area contributed by atoms with Gasteiger partial charge in [-0.2, -0.15) is 5.10 Å². The zero-order chi connectivity index (χ0) is 13.8. The molecule has 0 unspecified atom stereocenters. The van der Waals surface area contributed by atoms with Crippen LogP contribution in [0, 0.1) is 5.82 Å². The fourth-order valence-corrected chi connectivity index (χ4v) is 1.50. The molecule has 2 aromatic rings. The van der Waals surface area contributed by atoms with E-state index >= 15 is 0 Å². The number of H-pyrrole nitrogens is 1. The largest absolute Gasteiger partial charge is 0.326 e. The SMILES string of the molecule is CC(=O)Nc1ccc(F)c(C(=O)Nc2cn[nH]c2)c1. The number of nitrogens with zero attached hydrogens (tertiary/aromatic N) is 1. The molecule has 1 aromatic heterocycles. The molecule has 2 amide bonds. The number of rotatable bonds is 3. The molecule has 2 rings (SSSR count). The van der Waals surface area contributed by atoms with Crippen LogP contribution in [0.4, 0.5) is 15.8 Å². The van der Waals surface area contributed by atoms with Crippen molar-refractivity contribution in [3.05, 3.63) is 42.0 Å².